The molecular formula is C10H14N4O. The number of aromatic nitrogens is 3. The fourth-order valence-corrected chi connectivity index (χ4v) is 1.61. The van der Waals surface area contributed by atoms with Crippen LogP contribution in [0.15, 0.2) is 12.4 Å². The van der Waals surface area contributed by atoms with Crippen molar-refractivity contribution in [2.24, 2.45) is 0 Å². The Hall–Kier alpha value is -1.62. The molecule has 5 heteroatoms. The van der Waals surface area contributed by atoms with Gasteiger partial charge in [-0.25, -0.2) is 9.50 Å². The zero-order chi connectivity index (χ0) is 11.0. The normalized spacial score (nSPS) is 13.3. The molecule has 2 heterocycles. The summed E-state index contributed by atoms with van der Waals surface area (Å²) in [6.07, 6.45) is 3.40. The summed E-state index contributed by atoms with van der Waals surface area (Å²) >= 11 is 0. The third-order valence-electron chi connectivity index (χ3n) is 2.44. The molecule has 0 bridgehead atoms. The molecule has 0 saturated carbocycles. The van der Waals surface area contributed by atoms with Gasteiger partial charge in [-0.3, -0.25) is 0 Å². The molecular weight excluding hydrogens is 192 g/mol. The number of methoxy groups -OCH3 is 1. The first-order chi connectivity index (χ1) is 7.13. The largest absolute Gasteiger partial charge is 0.397 e. The lowest BCUT2D eigenvalue weighted by atomic mass is 10.1. The van der Waals surface area contributed by atoms with Crippen LogP contribution in [-0.2, 0) is 4.74 Å². The molecule has 80 valence electrons. The predicted octanol–water partition coefficient (Wildman–Crippen LogP) is 1.33. The summed E-state index contributed by atoms with van der Waals surface area (Å²) in [5.41, 5.74) is 9.06. The Morgan fingerprint density at radius 3 is 2.93 bits per heavy atom. The van der Waals surface area contributed by atoms with Gasteiger partial charge >= 0.3 is 0 Å². The third kappa shape index (κ3) is 1.55. The minimum absolute atomic E-state index is 0.0858. The molecule has 2 aromatic rings. The highest BCUT2D eigenvalue weighted by atomic mass is 16.5. The van der Waals surface area contributed by atoms with Crippen LogP contribution in [0.5, 0.6) is 0 Å². The first kappa shape index (κ1) is 9.92. The van der Waals surface area contributed by atoms with Gasteiger partial charge in [-0.15, -0.1) is 0 Å². The van der Waals surface area contributed by atoms with E-state index in [1.807, 2.05) is 20.0 Å². The number of rotatable bonds is 2. The van der Waals surface area contributed by atoms with E-state index < -0.39 is 0 Å². The Morgan fingerprint density at radius 1 is 1.53 bits per heavy atom. The lowest BCUT2D eigenvalue weighted by molar-refractivity contribution is 0.121. The molecule has 0 aliphatic heterocycles. The second-order valence-corrected chi connectivity index (χ2v) is 3.54. The van der Waals surface area contributed by atoms with Gasteiger partial charge in [0.05, 0.1) is 29.9 Å². The fraction of sp³-hybridized carbons (Fsp3) is 0.400. The van der Waals surface area contributed by atoms with Gasteiger partial charge in [0.15, 0.2) is 5.65 Å². The summed E-state index contributed by atoms with van der Waals surface area (Å²) < 4.78 is 6.99. The molecule has 0 saturated heterocycles. The number of hydrogen-bond acceptors (Lipinski definition) is 4. The number of imidazole rings is 1. The molecule has 0 radical (unpaired) electrons. The summed E-state index contributed by atoms with van der Waals surface area (Å²) in [6, 6.07) is 0. The zero-order valence-electron chi connectivity index (χ0n) is 9.06. The first-order valence-corrected chi connectivity index (χ1v) is 4.76. The van der Waals surface area contributed by atoms with Crippen LogP contribution in [0, 0.1) is 6.92 Å². The average Bonchev–Trinajstić information content (AvgIpc) is 2.57. The fourth-order valence-electron chi connectivity index (χ4n) is 1.61. The first-order valence-electron chi connectivity index (χ1n) is 4.76. The van der Waals surface area contributed by atoms with E-state index in [1.54, 1.807) is 17.8 Å². The van der Waals surface area contributed by atoms with Crippen LogP contribution in [0.1, 0.15) is 24.3 Å². The number of anilines is 1. The van der Waals surface area contributed by atoms with Crippen molar-refractivity contribution in [3.63, 3.8) is 0 Å². The molecule has 0 aliphatic rings. The monoisotopic (exact) mass is 206 g/mol. The second-order valence-electron chi connectivity index (χ2n) is 3.54. The number of nitrogen functional groups attached to an aromatic ring is 1. The molecule has 5 nitrogen and oxygen atoms in total. The Morgan fingerprint density at radius 2 is 2.27 bits per heavy atom. The molecule has 1 atom stereocenters. The van der Waals surface area contributed by atoms with E-state index in [1.165, 1.54) is 0 Å². The van der Waals surface area contributed by atoms with Crippen LogP contribution >= 0.6 is 0 Å². The van der Waals surface area contributed by atoms with Gasteiger partial charge in [-0.05, 0) is 13.8 Å². The van der Waals surface area contributed by atoms with Gasteiger partial charge < -0.3 is 10.5 Å². The maximum atomic E-state index is 5.88. The summed E-state index contributed by atoms with van der Waals surface area (Å²) in [5, 5.41) is 4.15. The molecule has 2 aromatic heterocycles. The van der Waals surface area contributed by atoms with Gasteiger partial charge in [0, 0.05) is 12.7 Å². The van der Waals surface area contributed by atoms with Crippen LogP contribution < -0.4 is 5.73 Å². The van der Waals surface area contributed by atoms with E-state index in [0.29, 0.717) is 5.69 Å². The predicted molar refractivity (Wildman–Crippen MR) is 57.6 cm³/mol. The molecule has 0 spiro atoms. The summed E-state index contributed by atoms with van der Waals surface area (Å²) in [6.45, 7) is 3.86. The van der Waals surface area contributed by atoms with Crippen molar-refractivity contribution < 1.29 is 4.74 Å². The molecule has 2 N–H and O–H groups in total. The van der Waals surface area contributed by atoms with E-state index in [4.69, 9.17) is 10.5 Å². The van der Waals surface area contributed by atoms with Gasteiger partial charge in [-0.1, -0.05) is 0 Å². The summed E-state index contributed by atoms with van der Waals surface area (Å²) in [4.78, 5) is 4.38. The standard InChI is InChI=1S/C10H14N4O/c1-6-5-14-10(13-6)9(7(2)15-3)8(11)4-12-14/h4-5,7H,11H2,1-3H3/t7-/m0/s1. The molecule has 0 amide bonds. The van der Waals surface area contributed by atoms with Gasteiger partial charge in [0.1, 0.15) is 0 Å². The zero-order valence-corrected chi connectivity index (χ0v) is 9.06. The minimum atomic E-state index is -0.0858. The van der Waals surface area contributed by atoms with Crippen molar-refractivity contribution in [2.45, 2.75) is 20.0 Å². The highest BCUT2D eigenvalue weighted by Crippen LogP contribution is 2.25. The Kier molecular flexibility index (Phi) is 2.32. The maximum absolute atomic E-state index is 5.88. The van der Waals surface area contributed by atoms with E-state index >= 15 is 0 Å². The van der Waals surface area contributed by atoms with E-state index in [-0.39, 0.29) is 6.10 Å². The van der Waals surface area contributed by atoms with Gasteiger partial charge in [0.2, 0.25) is 0 Å². The van der Waals surface area contributed by atoms with Crippen LogP contribution in [0.25, 0.3) is 5.65 Å². The van der Waals surface area contributed by atoms with Crippen LogP contribution in [-0.4, -0.2) is 21.7 Å². The quantitative estimate of drug-likeness (QED) is 0.805. The minimum Gasteiger partial charge on any atom is -0.397 e. The lowest BCUT2D eigenvalue weighted by Gasteiger charge is -2.12. The smallest absolute Gasteiger partial charge is 0.161 e. The Labute approximate surface area is 87.9 Å². The number of nitrogens with zero attached hydrogens (tertiary/aromatic N) is 3. The van der Waals surface area contributed by atoms with Crippen molar-refractivity contribution in [2.75, 3.05) is 12.8 Å². The molecule has 2 rings (SSSR count). The number of ether oxygens (including phenoxy) is 1. The van der Waals surface area contributed by atoms with Crippen molar-refractivity contribution in [3.8, 4) is 0 Å². The SMILES string of the molecule is CO[C@@H](C)c1c(N)cnn2cc(C)nc12. The van der Waals surface area contributed by atoms with Crippen LogP contribution in [0.3, 0.4) is 0 Å². The van der Waals surface area contributed by atoms with Crippen molar-refractivity contribution in [3.05, 3.63) is 23.7 Å². The number of nitrogens with two attached hydrogens (primary N) is 1. The molecule has 0 aliphatic carbocycles. The Balaban J connectivity index is 2.73. The topological polar surface area (TPSA) is 65.4 Å². The summed E-state index contributed by atoms with van der Waals surface area (Å²) in [5.74, 6) is 0. The van der Waals surface area contributed by atoms with E-state index in [2.05, 4.69) is 10.1 Å². The molecule has 15 heavy (non-hydrogen) atoms. The van der Waals surface area contributed by atoms with Crippen LogP contribution in [0.2, 0.25) is 0 Å². The van der Waals surface area contributed by atoms with Crippen molar-refractivity contribution in [1.29, 1.82) is 0 Å². The molecule has 0 unspecified atom stereocenters. The average molecular weight is 206 g/mol. The maximum Gasteiger partial charge on any atom is 0.161 e. The highest BCUT2D eigenvalue weighted by molar-refractivity contribution is 5.61. The molecule has 0 fully saturated rings. The number of fused-ring (bicyclic) bond motifs is 1. The second kappa shape index (κ2) is 3.51. The van der Waals surface area contributed by atoms with Crippen molar-refractivity contribution in [1.82, 2.24) is 14.6 Å². The summed E-state index contributed by atoms with van der Waals surface area (Å²) in [7, 11) is 1.65. The van der Waals surface area contributed by atoms with Gasteiger partial charge in [-0.2, -0.15) is 5.10 Å². The molecule has 0 aromatic carbocycles. The number of aryl methyl sites for hydroxylation is 1. The Bertz CT molecular complexity index is 491. The highest BCUT2D eigenvalue weighted by Gasteiger charge is 2.15. The lowest BCUT2D eigenvalue weighted by Crippen LogP contribution is -2.06. The third-order valence-corrected chi connectivity index (χ3v) is 2.44. The van der Waals surface area contributed by atoms with E-state index in [0.717, 1.165) is 16.9 Å². The van der Waals surface area contributed by atoms with Crippen molar-refractivity contribution >= 4 is 11.3 Å². The number of hydrogen-bond donors (Lipinski definition) is 1. The van der Waals surface area contributed by atoms with E-state index in [9.17, 15) is 0 Å². The van der Waals surface area contributed by atoms with Crippen LogP contribution in [0.4, 0.5) is 5.69 Å². The van der Waals surface area contributed by atoms with Gasteiger partial charge in [0.25, 0.3) is 0 Å².